The summed E-state index contributed by atoms with van der Waals surface area (Å²) >= 11 is 0. The van der Waals surface area contributed by atoms with E-state index in [-0.39, 0.29) is 0 Å². The molecule has 116 valence electrons. The van der Waals surface area contributed by atoms with Gasteiger partial charge >= 0.3 is 0 Å². The van der Waals surface area contributed by atoms with Crippen LogP contribution >= 0.6 is 0 Å². The van der Waals surface area contributed by atoms with Crippen LogP contribution in [0.5, 0.6) is 0 Å². The summed E-state index contributed by atoms with van der Waals surface area (Å²) in [6.45, 7) is 11.3. The van der Waals surface area contributed by atoms with Gasteiger partial charge in [-0.3, -0.25) is 0 Å². The highest BCUT2D eigenvalue weighted by molar-refractivity contribution is 5.11. The van der Waals surface area contributed by atoms with Crippen LogP contribution < -0.4 is 5.32 Å². The van der Waals surface area contributed by atoms with Gasteiger partial charge in [0, 0.05) is 6.04 Å². The molecule has 3 fully saturated rings. The predicted molar refractivity (Wildman–Crippen MR) is 86.8 cm³/mol. The minimum Gasteiger partial charge on any atom is -0.313 e. The molecule has 3 unspecified atom stereocenters. The average molecular weight is 277 g/mol. The normalized spacial score (nSPS) is 46.8. The van der Waals surface area contributed by atoms with Crippen molar-refractivity contribution in [3.63, 3.8) is 0 Å². The summed E-state index contributed by atoms with van der Waals surface area (Å²) in [5, 5.41) is 4.00. The summed E-state index contributed by atoms with van der Waals surface area (Å²) in [4.78, 5) is 0. The number of rotatable bonds is 4. The number of hydrogen-bond donors (Lipinski definition) is 1. The first-order valence-electron chi connectivity index (χ1n) is 9.15. The van der Waals surface area contributed by atoms with E-state index < -0.39 is 0 Å². The zero-order valence-corrected chi connectivity index (χ0v) is 14.2. The molecule has 3 aliphatic carbocycles. The van der Waals surface area contributed by atoms with Crippen molar-refractivity contribution in [2.24, 2.45) is 28.6 Å². The Morgan fingerprint density at radius 1 is 1.00 bits per heavy atom. The van der Waals surface area contributed by atoms with E-state index in [2.05, 4.69) is 33.0 Å². The van der Waals surface area contributed by atoms with E-state index >= 15 is 0 Å². The van der Waals surface area contributed by atoms with Gasteiger partial charge in [-0.2, -0.15) is 0 Å². The van der Waals surface area contributed by atoms with Crippen molar-refractivity contribution < 1.29 is 0 Å². The largest absolute Gasteiger partial charge is 0.313 e. The molecule has 2 bridgehead atoms. The second-order valence-electron chi connectivity index (χ2n) is 9.22. The fraction of sp³-hybridized carbons (Fsp3) is 1.00. The van der Waals surface area contributed by atoms with Gasteiger partial charge in [-0.05, 0) is 60.8 Å². The Balaban J connectivity index is 1.49. The molecular weight excluding hydrogens is 242 g/mol. The molecule has 3 atom stereocenters. The minimum absolute atomic E-state index is 0.522. The Bertz CT molecular complexity index is 335. The molecule has 0 spiro atoms. The van der Waals surface area contributed by atoms with Gasteiger partial charge in [0.15, 0.2) is 0 Å². The molecule has 0 amide bonds. The minimum atomic E-state index is 0.522. The monoisotopic (exact) mass is 277 g/mol. The lowest BCUT2D eigenvalue weighted by Gasteiger charge is -2.43. The van der Waals surface area contributed by atoms with Crippen molar-refractivity contribution in [1.29, 1.82) is 0 Å². The van der Waals surface area contributed by atoms with Gasteiger partial charge in [0.2, 0.25) is 0 Å². The standard InChI is InChI=1S/C19H35N/c1-14-5-7-15(8-6-14)10-12-20-17-18(2,3)16-9-11-19(17,4)13-16/h14-17,20H,5-13H2,1-4H3. The van der Waals surface area contributed by atoms with E-state index in [0.29, 0.717) is 10.8 Å². The van der Waals surface area contributed by atoms with E-state index in [1.54, 1.807) is 0 Å². The maximum atomic E-state index is 4.00. The van der Waals surface area contributed by atoms with Crippen LogP contribution in [0.15, 0.2) is 0 Å². The van der Waals surface area contributed by atoms with Gasteiger partial charge < -0.3 is 5.32 Å². The van der Waals surface area contributed by atoms with Crippen molar-refractivity contribution in [2.45, 2.75) is 85.1 Å². The topological polar surface area (TPSA) is 12.0 Å². The molecule has 0 radical (unpaired) electrons. The van der Waals surface area contributed by atoms with E-state index in [4.69, 9.17) is 0 Å². The second-order valence-corrected chi connectivity index (χ2v) is 9.22. The second kappa shape index (κ2) is 5.30. The smallest absolute Gasteiger partial charge is 0.0175 e. The molecule has 0 aliphatic heterocycles. The maximum Gasteiger partial charge on any atom is 0.0175 e. The Morgan fingerprint density at radius 3 is 2.30 bits per heavy atom. The Labute approximate surface area is 126 Å². The molecule has 0 aromatic rings. The van der Waals surface area contributed by atoms with Crippen molar-refractivity contribution >= 4 is 0 Å². The fourth-order valence-corrected chi connectivity index (χ4v) is 5.86. The Hall–Kier alpha value is -0.0400. The molecule has 3 rings (SSSR count). The van der Waals surface area contributed by atoms with Crippen molar-refractivity contribution in [3.8, 4) is 0 Å². The summed E-state index contributed by atoms with van der Waals surface area (Å²) < 4.78 is 0. The van der Waals surface area contributed by atoms with Crippen LogP contribution in [0.3, 0.4) is 0 Å². The van der Waals surface area contributed by atoms with Gasteiger partial charge in [-0.1, -0.05) is 53.4 Å². The molecule has 3 saturated carbocycles. The molecule has 1 N–H and O–H groups in total. The quantitative estimate of drug-likeness (QED) is 0.762. The highest BCUT2D eigenvalue weighted by Crippen LogP contribution is 2.62. The summed E-state index contributed by atoms with van der Waals surface area (Å²) in [7, 11) is 0. The zero-order chi connectivity index (χ0) is 14.4. The number of fused-ring (bicyclic) bond motifs is 2. The number of nitrogens with one attached hydrogen (secondary N) is 1. The SMILES string of the molecule is CC1CCC(CCNC2C3(C)CCC(C3)C2(C)C)CC1. The highest BCUT2D eigenvalue weighted by Gasteiger charge is 2.58. The highest BCUT2D eigenvalue weighted by atomic mass is 15.0. The Kier molecular flexibility index (Phi) is 3.95. The summed E-state index contributed by atoms with van der Waals surface area (Å²) in [5.41, 5.74) is 1.11. The lowest BCUT2D eigenvalue weighted by molar-refractivity contribution is 0.107. The van der Waals surface area contributed by atoms with Crippen molar-refractivity contribution in [1.82, 2.24) is 5.32 Å². The number of hydrogen-bond acceptors (Lipinski definition) is 1. The lowest BCUT2D eigenvalue weighted by atomic mass is 9.68. The zero-order valence-electron chi connectivity index (χ0n) is 14.2. The average Bonchev–Trinajstić information content (AvgIpc) is 2.87. The lowest BCUT2D eigenvalue weighted by Crippen LogP contribution is -2.50. The van der Waals surface area contributed by atoms with E-state index in [1.165, 1.54) is 57.9 Å². The summed E-state index contributed by atoms with van der Waals surface area (Å²) in [6, 6.07) is 0.760. The maximum absolute atomic E-state index is 4.00. The molecule has 0 saturated heterocycles. The summed E-state index contributed by atoms with van der Waals surface area (Å²) in [6.07, 6.45) is 11.7. The van der Waals surface area contributed by atoms with Crippen LogP contribution in [0.25, 0.3) is 0 Å². The van der Waals surface area contributed by atoms with Crippen LogP contribution in [0.2, 0.25) is 0 Å². The van der Waals surface area contributed by atoms with Gasteiger partial charge in [-0.15, -0.1) is 0 Å². The summed E-state index contributed by atoms with van der Waals surface area (Å²) in [5.74, 6) is 2.97. The molecule has 3 aliphatic rings. The molecule has 0 aromatic carbocycles. The van der Waals surface area contributed by atoms with E-state index in [0.717, 1.165) is 23.8 Å². The van der Waals surface area contributed by atoms with Gasteiger partial charge in [0.1, 0.15) is 0 Å². The van der Waals surface area contributed by atoms with Gasteiger partial charge in [0.25, 0.3) is 0 Å². The first-order valence-corrected chi connectivity index (χ1v) is 9.15. The molecule has 20 heavy (non-hydrogen) atoms. The van der Waals surface area contributed by atoms with Crippen LogP contribution in [0.1, 0.15) is 79.1 Å². The van der Waals surface area contributed by atoms with Crippen LogP contribution in [0, 0.1) is 28.6 Å². The third-order valence-electron chi connectivity index (χ3n) is 7.31. The van der Waals surface area contributed by atoms with E-state index in [9.17, 15) is 0 Å². The first-order chi connectivity index (χ1) is 9.42. The first kappa shape index (κ1) is 14.9. The van der Waals surface area contributed by atoms with Crippen LogP contribution in [-0.2, 0) is 0 Å². The molecule has 0 heterocycles. The molecule has 1 nitrogen and oxygen atoms in total. The molecule has 0 aromatic heterocycles. The molecular formula is C19H35N. The fourth-order valence-electron chi connectivity index (χ4n) is 5.86. The Morgan fingerprint density at radius 2 is 1.70 bits per heavy atom. The van der Waals surface area contributed by atoms with E-state index in [1.807, 2.05) is 0 Å². The predicted octanol–water partition coefficient (Wildman–Crippen LogP) is 5.01. The third-order valence-corrected chi connectivity index (χ3v) is 7.31. The third kappa shape index (κ3) is 2.56. The van der Waals surface area contributed by atoms with Crippen molar-refractivity contribution in [3.05, 3.63) is 0 Å². The van der Waals surface area contributed by atoms with Crippen LogP contribution in [0.4, 0.5) is 0 Å². The van der Waals surface area contributed by atoms with Crippen molar-refractivity contribution in [2.75, 3.05) is 6.54 Å². The van der Waals surface area contributed by atoms with Crippen LogP contribution in [-0.4, -0.2) is 12.6 Å². The van der Waals surface area contributed by atoms with Gasteiger partial charge in [-0.25, -0.2) is 0 Å². The molecule has 1 heteroatoms. The van der Waals surface area contributed by atoms with Gasteiger partial charge in [0.05, 0.1) is 0 Å².